The first kappa shape index (κ1) is 36.5. The number of aryl methyl sites for hydroxylation is 6. The minimum atomic E-state index is -0.607. The summed E-state index contributed by atoms with van der Waals surface area (Å²) in [5, 5.41) is 28.7. The van der Waals surface area contributed by atoms with Crippen LogP contribution < -0.4 is 20.5 Å². The van der Waals surface area contributed by atoms with Crippen LogP contribution in [0.15, 0.2) is 34.0 Å². The van der Waals surface area contributed by atoms with Crippen LogP contribution in [0.3, 0.4) is 0 Å². The number of ether oxygens (including phenoxy) is 2. The summed E-state index contributed by atoms with van der Waals surface area (Å²) in [4.78, 5) is 47.8. The van der Waals surface area contributed by atoms with Gasteiger partial charge in [0.15, 0.2) is 11.5 Å². The molecule has 0 spiro atoms. The number of hydrogen-bond acceptors (Lipinski definition) is 9. The van der Waals surface area contributed by atoms with Crippen molar-refractivity contribution in [1.82, 2.24) is 24.9 Å². The standard InChI is InChI=1S/C38H47N5O7/c1-6-23-24(7-2)31-20-39-29-18-32(49-5)33(50-16-10-15-46)19-30(29)42-38(48)35-22(4)26(12-9-14-45)36(43-35)37(47)34-21(3)25(11-8-13-44)28(41-34)17-27(23)40-31/h17-20,40-41,43-46H,6-16H2,1-5H3. The quantitative estimate of drug-likeness (QED) is 0.0943. The lowest BCUT2D eigenvalue weighted by Gasteiger charge is -2.10. The number of aliphatic hydroxyl groups excluding tert-OH is 3. The number of nitrogens with zero attached hydrogens (tertiary/aromatic N) is 2. The van der Waals surface area contributed by atoms with Crippen molar-refractivity contribution in [2.45, 2.75) is 72.6 Å². The first-order valence-electron chi connectivity index (χ1n) is 17.2. The van der Waals surface area contributed by atoms with Gasteiger partial charge in [0.2, 0.25) is 5.43 Å². The van der Waals surface area contributed by atoms with E-state index >= 15 is 0 Å². The molecule has 50 heavy (non-hydrogen) atoms. The number of fused-ring (bicyclic) bond motifs is 7. The number of hydrogen-bond donors (Lipinski definition) is 6. The van der Waals surface area contributed by atoms with Crippen molar-refractivity contribution in [2.24, 2.45) is 0 Å². The zero-order valence-corrected chi connectivity index (χ0v) is 29.5. The van der Waals surface area contributed by atoms with Crippen molar-refractivity contribution in [3.05, 3.63) is 78.4 Å². The van der Waals surface area contributed by atoms with Crippen molar-refractivity contribution in [3.63, 3.8) is 0 Å². The van der Waals surface area contributed by atoms with E-state index < -0.39 is 5.56 Å². The molecule has 0 aliphatic rings. The highest BCUT2D eigenvalue weighted by atomic mass is 16.5. The molecule has 0 saturated carbocycles. The van der Waals surface area contributed by atoms with Gasteiger partial charge >= 0.3 is 0 Å². The van der Waals surface area contributed by atoms with Gasteiger partial charge in [0, 0.05) is 49.4 Å². The second kappa shape index (κ2) is 16.3. The Morgan fingerprint density at radius 3 is 1.96 bits per heavy atom. The second-order valence-electron chi connectivity index (χ2n) is 12.3. The average molecular weight is 686 g/mol. The molecule has 0 aliphatic heterocycles. The number of aromatic nitrogens is 5. The largest absolute Gasteiger partial charge is 0.493 e. The van der Waals surface area contributed by atoms with Crippen LogP contribution >= 0.6 is 0 Å². The van der Waals surface area contributed by atoms with Gasteiger partial charge in [-0.3, -0.25) is 14.6 Å². The van der Waals surface area contributed by atoms with Crippen LogP contribution in [0.1, 0.15) is 66.5 Å². The van der Waals surface area contributed by atoms with Crippen LogP contribution in [0.5, 0.6) is 11.5 Å². The summed E-state index contributed by atoms with van der Waals surface area (Å²) < 4.78 is 11.5. The zero-order valence-electron chi connectivity index (χ0n) is 29.5. The lowest BCUT2D eigenvalue weighted by molar-refractivity contribution is 0.228. The van der Waals surface area contributed by atoms with Gasteiger partial charge in [-0.15, -0.1) is 0 Å². The fourth-order valence-corrected chi connectivity index (χ4v) is 6.67. The van der Waals surface area contributed by atoms with Crippen molar-refractivity contribution >= 4 is 44.1 Å². The molecule has 12 heteroatoms. The minimum absolute atomic E-state index is 0.00921. The molecule has 4 aromatic heterocycles. The van der Waals surface area contributed by atoms with Crippen molar-refractivity contribution in [2.75, 3.05) is 33.5 Å². The fraction of sp³-hybridized carbons (Fsp3) is 0.421. The van der Waals surface area contributed by atoms with Crippen molar-refractivity contribution in [3.8, 4) is 11.5 Å². The lowest BCUT2D eigenvalue weighted by atomic mass is 10.0. The second-order valence-corrected chi connectivity index (χ2v) is 12.3. The van der Waals surface area contributed by atoms with Crippen LogP contribution in [-0.4, -0.2) is 73.8 Å². The van der Waals surface area contributed by atoms with Gasteiger partial charge in [0.05, 0.1) is 47.5 Å². The van der Waals surface area contributed by atoms with E-state index in [1.807, 2.05) is 13.0 Å². The Balaban J connectivity index is 2.03. The molecule has 6 N–H and O–H groups in total. The van der Waals surface area contributed by atoms with Gasteiger partial charge in [-0.25, -0.2) is 4.98 Å². The molecule has 12 nitrogen and oxygen atoms in total. The van der Waals surface area contributed by atoms with E-state index in [-0.39, 0.29) is 48.4 Å². The maximum atomic E-state index is 14.4. The normalized spacial score (nSPS) is 11.4. The van der Waals surface area contributed by atoms with Crippen LogP contribution in [-0.2, 0) is 25.7 Å². The van der Waals surface area contributed by atoms with Crippen LogP contribution in [0.25, 0.3) is 44.1 Å². The molecule has 1 aromatic carbocycles. The third-order valence-corrected chi connectivity index (χ3v) is 9.28. The summed E-state index contributed by atoms with van der Waals surface area (Å²) in [6.45, 7) is 7.95. The number of benzene rings is 1. The molecular formula is C38H47N5O7. The molecule has 0 unspecified atom stereocenters. The van der Waals surface area contributed by atoms with Gasteiger partial charge in [-0.1, -0.05) is 13.8 Å². The summed E-state index contributed by atoms with van der Waals surface area (Å²) in [6.07, 6.45) is 5.47. The first-order chi connectivity index (χ1) is 24.2. The highest BCUT2D eigenvalue weighted by molar-refractivity contribution is 5.82. The maximum Gasteiger partial charge on any atom is 0.294 e. The number of aromatic amines is 3. The highest BCUT2D eigenvalue weighted by Crippen LogP contribution is 2.31. The summed E-state index contributed by atoms with van der Waals surface area (Å²) in [5.74, 6) is 0.732. The van der Waals surface area contributed by atoms with E-state index in [9.17, 15) is 24.9 Å². The monoisotopic (exact) mass is 685 g/mol. The number of aliphatic hydroxyl groups is 3. The topological polar surface area (TPSA) is 186 Å². The molecule has 0 atom stereocenters. The third-order valence-electron chi connectivity index (χ3n) is 9.28. The van der Waals surface area contributed by atoms with E-state index in [0.29, 0.717) is 65.8 Å². The fourth-order valence-electron chi connectivity index (χ4n) is 6.67. The van der Waals surface area contributed by atoms with Gasteiger partial charge in [-0.2, -0.15) is 0 Å². The van der Waals surface area contributed by atoms with E-state index in [1.165, 1.54) is 7.11 Å². The smallest absolute Gasteiger partial charge is 0.294 e. The Kier molecular flexibility index (Phi) is 11.9. The van der Waals surface area contributed by atoms with E-state index in [0.717, 1.165) is 51.6 Å². The Morgan fingerprint density at radius 2 is 1.30 bits per heavy atom. The number of rotatable bonds is 13. The molecule has 266 valence electrons. The molecule has 6 bridgehead atoms. The number of methoxy groups -OCH3 is 1. The maximum absolute atomic E-state index is 14.4. The van der Waals surface area contributed by atoms with Gasteiger partial charge in [0.1, 0.15) is 5.52 Å². The summed E-state index contributed by atoms with van der Waals surface area (Å²) in [7, 11) is 1.51. The molecular weight excluding hydrogens is 638 g/mol. The van der Waals surface area contributed by atoms with Gasteiger partial charge in [0.25, 0.3) is 5.56 Å². The minimum Gasteiger partial charge on any atom is -0.493 e. The molecule has 0 amide bonds. The molecule has 5 rings (SSSR count). The van der Waals surface area contributed by atoms with Crippen molar-refractivity contribution in [1.29, 1.82) is 0 Å². The van der Waals surface area contributed by atoms with Crippen molar-refractivity contribution < 1.29 is 24.8 Å². The molecule has 4 heterocycles. The molecule has 0 aliphatic carbocycles. The third kappa shape index (κ3) is 7.23. The zero-order chi connectivity index (χ0) is 35.9. The van der Waals surface area contributed by atoms with Crippen LogP contribution in [0.4, 0.5) is 0 Å². The summed E-state index contributed by atoms with van der Waals surface area (Å²) in [5.41, 5.74) is 8.05. The van der Waals surface area contributed by atoms with Gasteiger partial charge < -0.3 is 39.7 Å². The molecule has 5 aromatic rings. The first-order valence-corrected chi connectivity index (χ1v) is 17.2. The van der Waals surface area contributed by atoms with E-state index in [2.05, 4.69) is 33.8 Å². The highest BCUT2D eigenvalue weighted by Gasteiger charge is 2.17. The number of H-pyrrole nitrogens is 3. The van der Waals surface area contributed by atoms with Crippen LogP contribution in [0.2, 0.25) is 0 Å². The van der Waals surface area contributed by atoms with E-state index in [1.54, 1.807) is 25.3 Å². The average Bonchev–Trinajstić information content (AvgIpc) is 3.74. The summed E-state index contributed by atoms with van der Waals surface area (Å²) in [6, 6.07) is 5.27. The van der Waals surface area contributed by atoms with Gasteiger partial charge in [-0.05, 0) is 91.8 Å². The van der Waals surface area contributed by atoms with Crippen LogP contribution in [0, 0.1) is 13.8 Å². The lowest BCUT2D eigenvalue weighted by Crippen LogP contribution is -2.06. The molecule has 0 saturated heterocycles. The van der Waals surface area contributed by atoms with E-state index in [4.69, 9.17) is 14.5 Å². The predicted molar refractivity (Wildman–Crippen MR) is 197 cm³/mol. The molecule has 0 radical (unpaired) electrons. The number of nitrogens with one attached hydrogen (secondary N) is 3. The SMILES string of the molecule is CCc1c(CC)c2cc3[nH]c(c(C)c3CCCO)c(=O)c3[nH]c(c(C)c3CCCO)c(=O)nc3cc(OCCCO)c(OC)cc3ncc1[nH]2. The summed E-state index contributed by atoms with van der Waals surface area (Å²) >= 11 is 0. The predicted octanol–water partition coefficient (Wildman–Crippen LogP) is 4.84. The molecule has 0 fully saturated rings. The Morgan fingerprint density at radius 1 is 0.680 bits per heavy atom. The Bertz CT molecular complexity index is 2250. The Labute approximate surface area is 289 Å². The Hall–Kier alpha value is -4.78.